The standard InChI is InChI=1S/C22H27N3O4S/c26-21(22(27)24-17-5-6-19-20(13-17)29-11-10-28-19)23-14-18(16-7-12-30-15-16)25-8-3-1-2-4-9-25/h5-7,12-13,15,18H,1-4,8-11,14H2,(H,23,26)(H,24,27). The van der Waals surface area contributed by atoms with Crippen LogP contribution in [-0.4, -0.2) is 49.6 Å². The summed E-state index contributed by atoms with van der Waals surface area (Å²) < 4.78 is 11.0. The number of hydrogen-bond donors (Lipinski definition) is 2. The van der Waals surface area contributed by atoms with E-state index in [0.717, 1.165) is 13.1 Å². The summed E-state index contributed by atoms with van der Waals surface area (Å²) in [5.41, 5.74) is 1.69. The summed E-state index contributed by atoms with van der Waals surface area (Å²) in [7, 11) is 0. The Kier molecular flexibility index (Phi) is 6.86. The quantitative estimate of drug-likeness (QED) is 0.714. The molecule has 2 aromatic rings. The fraction of sp³-hybridized carbons (Fsp3) is 0.455. The van der Waals surface area contributed by atoms with E-state index in [1.54, 1.807) is 29.5 Å². The van der Waals surface area contributed by atoms with E-state index in [1.165, 1.54) is 31.2 Å². The van der Waals surface area contributed by atoms with Gasteiger partial charge in [0.1, 0.15) is 13.2 Å². The third-order valence-electron chi connectivity index (χ3n) is 5.47. The molecule has 1 saturated heterocycles. The van der Waals surface area contributed by atoms with Gasteiger partial charge in [0.15, 0.2) is 11.5 Å². The number of nitrogens with one attached hydrogen (secondary N) is 2. The lowest BCUT2D eigenvalue weighted by molar-refractivity contribution is -0.136. The summed E-state index contributed by atoms with van der Waals surface area (Å²) in [6, 6.07) is 7.28. The number of hydrogen-bond acceptors (Lipinski definition) is 6. The van der Waals surface area contributed by atoms with E-state index >= 15 is 0 Å². The Morgan fingerprint density at radius 2 is 1.77 bits per heavy atom. The Hall–Kier alpha value is -2.58. The lowest BCUT2D eigenvalue weighted by Gasteiger charge is -2.30. The smallest absolute Gasteiger partial charge is 0.313 e. The molecule has 2 N–H and O–H groups in total. The molecule has 2 amide bonds. The van der Waals surface area contributed by atoms with Crippen LogP contribution in [0.5, 0.6) is 11.5 Å². The molecule has 8 heteroatoms. The van der Waals surface area contributed by atoms with Gasteiger partial charge in [-0.1, -0.05) is 12.8 Å². The van der Waals surface area contributed by atoms with Gasteiger partial charge in [-0.25, -0.2) is 0 Å². The number of likely N-dealkylation sites (tertiary alicyclic amines) is 1. The Balaban J connectivity index is 1.36. The van der Waals surface area contributed by atoms with Gasteiger partial charge in [-0.3, -0.25) is 14.5 Å². The van der Waals surface area contributed by atoms with E-state index in [0.29, 0.717) is 36.9 Å². The highest BCUT2D eigenvalue weighted by Crippen LogP contribution is 2.32. The molecule has 0 aliphatic carbocycles. The predicted octanol–water partition coefficient (Wildman–Crippen LogP) is 3.19. The van der Waals surface area contributed by atoms with Crippen molar-refractivity contribution in [2.24, 2.45) is 0 Å². The van der Waals surface area contributed by atoms with Crippen LogP contribution in [0.25, 0.3) is 0 Å². The molecule has 2 aliphatic heterocycles. The second kappa shape index (κ2) is 9.95. The number of nitrogens with zero attached hydrogens (tertiary/aromatic N) is 1. The first kappa shape index (κ1) is 20.7. The monoisotopic (exact) mass is 429 g/mol. The molecule has 4 rings (SSSR count). The van der Waals surface area contributed by atoms with Crippen molar-refractivity contribution < 1.29 is 19.1 Å². The number of carbonyl (C=O) groups is 2. The van der Waals surface area contributed by atoms with Gasteiger partial charge < -0.3 is 20.1 Å². The summed E-state index contributed by atoms with van der Waals surface area (Å²) in [4.78, 5) is 27.3. The van der Waals surface area contributed by atoms with Crippen molar-refractivity contribution in [2.75, 3.05) is 38.2 Å². The van der Waals surface area contributed by atoms with Crippen LogP contribution in [0, 0.1) is 0 Å². The van der Waals surface area contributed by atoms with Gasteiger partial charge in [-0.05, 0) is 60.5 Å². The lowest BCUT2D eigenvalue weighted by atomic mass is 10.1. The molecular formula is C22H27N3O4S. The summed E-state index contributed by atoms with van der Waals surface area (Å²) in [5.74, 6) is -0.121. The average Bonchev–Trinajstić information content (AvgIpc) is 3.16. The second-order valence-corrected chi connectivity index (χ2v) is 8.33. The molecular weight excluding hydrogens is 402 g/mol. The van der Waals surface area contributed by atoms with E-state index in [1.807, 2.05) is 0 Å². The van der Waals surface area contributed by atoms with Crippen LogP contribution in [0.3, 0.4) is 0 Å². The summed E-state index contributed by atoms with van der Waals surface area (Å²) in [6.45, 7) is 3.40. The topological polar surface area (TPSA) is 79.9 Å². The number of amides is 2. The van der Waals surface area contributed by atoms with E-state index in [-0.39, 0.29) is 6.04 Å². The Morgan fingerprint density at radius 1 is 1.00 bits per heavy atom. The average molecular weight is 430 g/mol. The molecule has 2 aliphatic rings. The molecule has 0 spiro atoms. The number of rotatable bonds is 5. The first-order valence-electron chi connectivity index (χ1n) is 10.5. The van der Waals surface area contributed by atoms with Crippen molar-refractivity contribution >= 4 is 28.8 Å². The zero-order chi connectivity index (χ0) is 20.8. The first-order chi connectivity index (χ1) is 14.7. The fourth-order valence-electron chi connectivity index (χ4n) is 3.91. The van der Waals surface area contributed by atoms with E-state index in [9.17, 15) is 9.59 Å². The number of benzene rings is 1. The van der Waals surface area contributed by atoms with Crippen molar-refractivity contribution in [3.05, 3.63) is 40.6 Å². The van der Waals surface area contributed by atoms with Gasteiger partial charge in [-0.2, -0.15) is 11.3 Å². The second-order valence-electron chi connectivity index (χ2n) is 7.55. The van der Waals surface area contributed by atoms with Crippen molar-refractivity contribution in [2.45, 2.75) is 31.7 Å². The van der Waals surface area contributed by atoms with Crippen LogP contribution in [0.2, 0.25) is 0 Å². The first-order valence-corrected chi connectivity index (χ1v) is 11.4. The zero-order valence-corrected chi connectivity index (χ0v) is 17.7. The van der Waals surface area contributed by atoms with Crippen LogP contribution in [0.4, 0.5) is 5.69 Å². The SMILES string of the molecule is O=C(NCC(c1ccsc1)N1CCCCCC1)C(=O)Nc1ccc2c(c1)OCCO2. The summed E-state index contributed by atoms with van der Waals surface area (Å²) in [6.07, 6.45) is 4.83. The molecule has 160 valence electrons. The number of anilines is 1. The van der Waals surface area contributed by atoms with Crippen LogP contribution >= 0.6 is 11.3 Å². The Bertz CT molecular complexity index is 863. The van der Waals surface area contributed by atoms with Gasteiger partial charge in [0.2, 0.25) is 0 Å². The molecule has 1 aromatic heterocycles. The minimum Gasteiger partial charge on any atom is -0.486 e. The third kappa shape index (κ3) is 5.12. The maximum atomic E-state index is 12.5. The van der Waals surface area contributed by atoms with Crippen LogP contribution in [0.15, 0.2) is 35.0 Å². The molecule has 1 atom stereocenters. The van der Waals surface area contributed by atoms with Gasteiger partial charge in [0.05, 0.1) is 6.04 Å². The van der Waals surface area contributed by atoms with Crippen LogP contribution < -0.4 is 20.1 Å². The number of thiophene rings is 1. The minimum absolute atomic E-state index is 0.0837. The van der Waals surface area contributed by atoms with Gasteiger partial charge in [0.25, 0.3) is 0 Å². The molecule has 1 aromatic carbocycles. The molecule has 0 saturated carbocycles. The fourth-order valence-corrected chi connectivity index (χ4v) is 4.61. The van der Waals surface area contributed by atoms with Crippen molar-refractivity contribution in [1.29, 1.82) is 0 Å². The Labute approximate surface area is 180 Å². The highest BCUT2D eigenvalue weighted by Gasteiger charge is 2.24. The molecule has 3 heterocycles. The number of ether oxygens (including phenoxy) is 2. The molecule has 30 heavy (non-hydrogen) atoms. The maximum absolute atomic E-state index is 12.5. The largest absolute Gasteiger partial charge is 0.486 e. The predicted molar refractivity (Wildman–Crippen MR) is 116 cm³/mol. The summed E-state index contributed by atoms with van der Waals surface area (Å²) in [5, 5.41) is 9.64. The van der Waals surface area contributed by atoms with E-state index in [2.05, 4.69) is 32.4 Å². The highest BCUT2D eigenvalue weighted by molar-refractivity contribution is 7.08. The molecule has 1 fully saturated rings. The van der Waals surface area contributed by atoms with Gasteiger partial charge in [-0.15, -0.1) is 0 Å². The maximum Gasteiger partial charge on any atom is 0.313 e. The molecule has 0 bridgehead atoms. The number of carbonyl (C=O) groups excluding carboxylic acids is 2. The molecule has 7 nitrogen and oxygen atoms in total. The highest BCUT2D eigenvalue weighted by atomic mass is 32.1. The molecule has 1 unspecified atom stereocenters. The lowest BCUT2D eigenvalue weighted by Crippen LogP contribution is -2.42. The normalized spacial score (nSPS) is 17.6. The molecule has 0 radical (unpaired) electrons. The third-order valence-corrected chi connectivity index (χ3v) is 6.17. The van der Waals surface area contributed by atoms with E-state index in [4.69, 9.17) is 9.47 Å². The Morgan fingerprint density at radius 3 is 2.50 bits per heavy atom. The summed E-state index contributed by atoms with van der Waals surface area (Å²) >= 11 is 1.65. The van der Waals surface area contributed by atoms with Crippen molar-refractivity contribution in [3.8, 4) is 11.5 Å². The van der Waals surface area contributed by atoms with Crippen LogP contribution in [0.1, 0.15) is 37.3 Å². The van der Waals surface area contributed by atoms with Crippen molar-refractivity contribution in [3.63, 3.8) is 0 Å². The van der Waals surface area contributed by atoms with Gasteiger partial charge in [0, 0.05) is 18.3 Å². The minimum atomic E-state index is -0.688. The van der Waals surface area contributed by atoms with E-state index < -0.39 is 11.8 Å². The zero-order valence-electron chi connectivity index (χ0n) is 16.9. The van der Waals surface area contributed by atoms with Gasteiger partial charge >= 0.3 is 11.8 Å². The van der Waals surface area contributed by atoms with Crippen LogP contribution in [-0.2, 0) is 9.59 Å². The van der Waals surface area contributed by atoms with Crippen molar-refractivity contribution in [1.82, 2.24) is 10.2 Å². The number of fused-ring (bicyclic) bond motifs is 1.